The van der Waals surface area contributed by atoms with E-state index in [4.69, 9.17) is 15.9 Å². The number of nitrogens with zero attached hydrogens (tertiary/aromatic N) is 2. The maximum absolute atomic E-state index is 11.4. The number of hydrogen-bond donors (Lipinski definition) is 1. The number of methoxy groups -OCH3 is 1. The summed E-state index contributed by atoms with van der Waals surface area (Å²) in [6.07, 6.45) is 6.87. The summed E-state index contributed by atoms with van der Waals surface area (Å²) in [7, 11) is 1.30. The number of pyridine rings is 1. The molecule has 0 aliphatic carbocycles. The van der Waals surface area contributed by atoms with Crippen LogP contribution >= 0.6 is 0 Å². The van der Waals surface area contributed by atoms with Crippen LogP contribution in [0.25, 0.3) is 22.6 Å². The first-order chi connectivity index (χ1) is 12.2. The van der Waals surface area contributed by atoms with Gasteiger partial charge in [-0.2, -0.15) is 0 Å². The molecule has 7 heteroatoms. The zero-order chi connectivity index (χ0) is 17.6. The highest BCUT2D eigenvalue weighted by Crippen LogP contribution is 2.32. The van der Waals surface area contributed by atoms with Crippen molar-refractivity contribution in [2.24, 2.45) is 0 Å². The fourth-order valence-corrected chi connectivity index (χ4v) is 2.20. The molecule has 126 valence electrons. The summed E-state index contributed by atoms with van der Waals surface area (Å²) in [4.78, 5) is 23.2. The number of benzene rings is 1. The predicted molar refractivity (Wildman–Crippen MR) is 91.2 cm³/mol. The molecule has 1 N–H and O–H groups in total. The van der Waals surface area contributed by atoms with Crippen molar-refractivity contribution >= 4 is 17.1 Å². The van der Waals surface area contributed by atoms with Gasteiger partial charge in [0.25, 0.3) is 0 Å². The van der Waals surface area contributed by atoms with Gasteiger partial charge in [0.15, 0.2) is 12.3 Å². The molecule has 0 fully saturated rings. The molecule has 2 heterocycles. The zero-order valence-electron chi connectivity index (χ0n) is 13.5. The summed E-state index contributed by atoms with van der Waals surface area (Å²) >= 11 is 0. The monoisotopic (exact) mass is 337 g/mol. The number of ether oxygens (including phenoxy) is 3. The van der Waals surface area contributed by atoms with Crippen LogP contribution < -0.4 is 9.47 Å². The summed E-state index contributed by atoms with van der Waals surface area (Å²) < 4.78 is 15.6. The topological polar surface area (TPSA) is 86.3 Å². The first-order valence-electron chi connectivity index (χ1n) is 7.42. The fourth-order valence-electron chi connectivity index (χ4n) is 2.20. The lowest BCUT2D eigenvalue weighted by atomic mass is 10.2. The van der Waals surface area contributed by atoms with Crippen molar-refractivity contribution in [1.29, 1.82) is 0 Å². The summed E-state index contributed by atoms with van der Waals surface area (Å²) in [5.74, 6) is 3.41. The molecule has 0 aliphatic heterocycles. The average Bonchev–Trinajstić information content (AvgIpc) is 3.08. The summed E-state index contributed by atoms with van der Waals surface area (Å²) in [6, 6.07) is 8.86. The number of rotatable bonds is 6. The fraction of sp³-hybridized carbons (Fsp3) is 0.167. The van der Waals surface area contributed by atoms with Crippen molar-refractivity contribution in [3.8, 4) is 35.2 Å². The first kappa shape index (κ1) is 16.3. The van der Waals surface area contributed by atoms with Gasteiger partial charge in [-0.1, -0.05) is 5.92 Å². The van der Waals surface area contributed by atoms with Gasteiger partial charge >= 0.3 is 5.97 Å². The van der Waals surface area contributed by atoms with Crippen molar-refractivity contribution in [3.05, 3.63) is 36.5 Å². The van der Waals surface area contributed by atoms with Crippen LogP contribution in [0.2, 0.25) is 0 Å². The highest BCUT2D eigenvalue weighted by Gasteiger charge is 2.14. The Morgan fingerprint density at radius 2 is 2.20 bits per heavy atom. The number of carbonyl (C=O) groups is 1. The Morgan fingerprint density at radius 1 is 1.32 bits per heavy atom. The highest BCUT2D eigenvalue weighted by atomic mass is 16.6. The van der Waals surface area contributed by atoms with Crippen molar-refractivity contribution in [1.82, 2.24) is 15.0 Å². The van der Waals surface area contributed by atoms with E-state index < -0.39 is 5.97 Å². The molecule has 0 radical (unpaired) electrons. The second kappa shape index (κ2) is 7.36. The smallest absolute Gasteiger partial charge is 0.343 e. The van der Waals surface area contributed by atoms with E-state index in [0.29, 0.717) is 28.5 Å². The van der Waals surface area contributed by atoms with Crippen molar-refractivity contribution in [2.45, 2.75) is 0 Å². The number of fused-ring (bicyclic) bond motifs is 1. The van der Waals surface area contributed by atoms with Gasteiger partial charge in [0.05, 0.1) is 18.2 Å². The maximum atomic E-state index is 11.4. The second-order valence-electron chi connectivity index (χ2n) is 4.98. The van der Waals surface area contributed by atoms with Gasteiger partial charge in [-0.3, -0.25) is 0 Å². The normalized spacial score (nSPS) is 10.2. The van der Waals surface area contributed by atoms with Crippen LogP contribution in [0.15, 0.2) is 36.5 Å². The minimum atomic E-state index is -0.493. The SMILES string of the molecule is C#CCOc1ccc(-c2nc3ncccc3[nH]2)c(OCC(=O)OC)c1. The highest BCUT2D eigenvalue weighted by molar-refractivity contribution is 5.78. The molecular formula is C18H15N3O4. The van der Waals surface area contributed by atoms with E-state index in [1.165, 1.54) is 7.11 Å². The molecule has 0 spiro atoms. The van der Waals surface area contributed by atoms with Crippen LogP contribution in [0.5, 0.6) is 11.5 Å². The molecule has 3 aromatic rings. The van der Waals surface area contributed by atoms with Crippen LogP contribution in [0, 0.1) is 12.3 Å². The van der Waals surface area contributed by atoms with Crippen LogP contribution in [-0.2, 0) is 9.53 Å². The zero-order valence-corrected chi connectivity index (χ0v) is 13.5. The maximum Gasteiger partial charge on any atom is 0.343 e. The molecule has 25 heavy (non-hydrogen) atoms. The van der Waals surface area contributed by atoms with Crippen LogP contribution in [0.1, 0.15) is 0 Å². The Labute approximate surface area is 144 Å². The van der Waals surface area contributed by atoms with Crippen molar-refractivity contribution in [3.63, 3.8) is 0 Å². The van der Waals surface area contributed by atoms with Gasteiger partial charge in [0.2, 0.25) is 0 Å². The standard InChI is InChI=1S/C18H15N3O4/c1-3-9-24-12-6-7-13(15(10-12)25-11-16(22)23-2)17-20-14-5-4-8-19-18(14)21-17/h1,4-8,10H,9,11H2,2H3,(H,19,20,21). The number of esters is 1. The van der Waals surface area contributed by atoms with E-state index in [1.54, 1.807) is 24.4 Å². The lowest BCUT2D eigenvalue weighted by Crippen LogP contribution is -2.13. The number of nitrogens with one attached hydrogen (secondary N) is 1. The van der Waals surface area contributed by atoms with Gasteiger partial charge in [0, 0.05) is 12.3 Å². The van der Waals surface area contributed by atoms with Gasteiger partial charge in [-0.05, 0) is 24.3 Å². The van der Waals surface area contributed by atoms with E-state index in [0.717, 1.165) is 5.52 Å². The number of aromatic nitrogens is 3. The molecule has 0 atom stereocenters. The average molecular weight is 337 g/mol. The third-order valence-corrected chi connectivity index (χ3v) is 3.36. The lowest BCUT2D eigenvalue weighted by Gasteiger charge is -2.11. The molecule has 0 saturated carbocycles. The quantitative estimate of drug-likeness (QED) is 0.548. The third kappa shape index (κ3) is 3.70. The van der Waals surface area contributed by atoms with Crippen molar-refractivity contribution < 1.29 is 19.0 Å². The Hall–Kier alpha value is -3.53. The Morgan fingerprint density at radius 3 is 2.96 bits per heavy atom. The van der Waals surface area contributed by atoms with Gasteiger partial charge in [-0.15, -0.1) is 6.42 Å². The Balaban J connectivity index is 1.98. The van der Waals surface area contributed by atoms with Gasteiger partial charge < -0.3 is 19.2 Å². The van der Waals surface area contributed by atoms with Gasteiger partial charge in [0.1, 0.15) is 23.9 Å². The number of aromatic amines is 1. The molecule has 7 nitrogen and oxygen atoms in total. The molecule has 0 saturated heterocycles. The minimum Gasteiger partial charge on any atom is -0.481 e. The summed E-state index contributed by atoms with van der Waals surface area (Å²) in [6.45, 7) is -0.106. The summed E-state index contributed by atoms with van der Waals surface area (Å²) in [5, 5.41) is 0. The molecule has 0 amide bonds. The first-order valence-corrected chi connectivity index (χ1v) is 7.42. The molecular weight excluding hydrogens is 322 g/mol. The number of terminal acetylenes is 1. The molecule has 0 aliphatic rings. The number of carbonyl (C=O) groups excluding carboxylic acids is 1. The largest absolute Gasteiger partial charge is 0.481 e. The molecule has 0 bridgehead atoms. The Kier molecular flexibility index (Phi) is 4.81. The predicted octanol–water partition coefficient (Wildman–Crippen LogP) is 2.19. The molecule has 1 aromatic carbocycles. The summed E-state index contributed by atoms with van der Waals surface area (Å²) in [5.41, 5.74) is 2.04. The van der Waals surface area contributed by atoms with Gasteiger partial charge in [-0.25, -0.2) is 14.8 Å². The van der Waals surface area contributed by atoms with E-state index >= 15 is 0 Å². The Bertz CT molecular complexity index is 910. The number of imidazole rings is 1. The number of hydrogen-bond acceptors (Lipinski definition) is 6. The van der Waals surface area contributed by atoms with E-state index in [1.807, 2.05) is 12.1 Å². The molecule has 3 rings (SSSR count). The second-order valence-corrected chi connectivity index (χ2v) is 4.98. The van der Waals surface area contributed by atoms with E-state index in [2.05, 4.69) is 25.6 Å². The minimum absolute atomic E-state index is 0.129. The van der Waals surface area contributed by atoms with E-state index in [9.17, 15) is 4.79 Å². The lowest BCUT2D eigenvalue weighted by molar-refractivity contribution is -0.142. The van der Waals surface area contributed by atoms with Crippen LogP contribution in [0.3, 0.4) is 0 Å². The molecule has 0 unspecified atom stereocenters. The molecule has 2 aromatic heterocycles. The van der Waals surface area contributed by atoms with Crippen molar-refractivity contribution in [2.75, 3.05) is 20.3 Å². The van der Waals surface area contributed by atoms with E-state index in [-0.39, 0.29) is 13.2 Å². The van der Waals surface area contributed by atoms with Crippen LogP contribution in [-0.4, -0.2) is 41.2 Å². The third-order valence-electron chi connectivity index (χ3n) is 3.36. The number of H-pyrrole nitrogens is 1. The van der Waals surface area contributed by atoms with Crippen LogP contribution in [0.4, 0.5) is 0 Å².